The Balaban J connectivity index is 3.37. The van der Waals surface area contributed by atoms with Crippen LogP contribution in [0, 0.1) is 0 Å². The molecule has 0 amide bonds. The minimum absolute atomic E-state index is 0.787. The third-order valence-electron chi connectivity index (χ3n) is 8.41. The summed E-state index contributed by atoms with van der Waals surface area (Å²) in [6.45, 7) is 2.51. The molecular weight excluding hydrogens is 506 g/mol. The first kappa shape index (κ1) is 39.7. The molecule has 7 heteroatoms. The average Bonchev–Trinajstić information content (AvgIpc) is 2.98. The van der Waals surface area contributed by atoms with E-state index in [1.807, 2.05) is 0 Å². The van der Waals surface area contributed by atoms with E-state index < -0.39 is 11.9 Å². The van der Waals surface area contributed by atoms with Gasteiger partial charge in [-0.25, -0.2) is 0 Å². The highest BCUT2D eigenvalue weighted by molar-refractivity contribution is 4.59. The van der Waals surface area contributed by atoms with E-state index >= 15 is 0 Å². The molecule has 0 aliphatic heterocycles. The lowest BCUT2D eigenvalue weighted by Crippen LogP contribution is -2.35. The lowest BCUT2D eigenvalue weighted by atomic mass is 10.0. The smallest absolute Gasteiger partial charge is 0.282 e. The SMILES string of the molecule is COC(CCCCCCCCCCCCN(C)CCCCCCCCCCCCC(OC)(OC)OC)(OC)OC. The Morgan fingerprint density at radius 3 is 0.750 bits per heavy atom. The number of unbranched alkanes of at least 4 members (excludes halogenated alkanes) is 18. The monoisotopic (exact) mass is 576 g/mol. The first-order valence-electron chi connectivity index (χ1n) is 16.5. The molecule has 242 valence electrons. The van der Waals surface area contributed by atoms with Crippen molar-refractivity contribution >= 4 is 0 Å². The topological polar surface area (TPSA) is 58.6 Å². The maximum atomic E-state index is 5.35. The maximum Gasteiger partial charge on any atom is 0.282 e. The van der Waals surface area contributed by atoms with Gasteiger partial charge in [0.15, 0.2) is 0 Å². The quantitative estimate of drug-likeness (QED) is 0.0587. The van der Waals surface area contributed by atoms with E-state index in [1.54, 1.807) is 42.7 Å². The van der Waals surface area contributed by atoms with Crippen molar-refractivity contribution in [2.75, 3.05) is 62.8 Å². The fourth-order valence-corrected chi connectivity index (χ4v) is 5.50. The van der Waals surface area contributed by atoms with Gasteiger partial charge in [0.1, 0.15) is 0 Å². The van der Waals surface area contributed by atoms with Crippen molar-refractivity contribution in [1.29, 1.82) is 0 Å². The highest BCUT2D eigenvalue weighted by atomic mass is 16.9. The van der Waals surface area contributed by atoms with E-state index in [0.717, 1.165) is 25.7 Å². The second-order valence-electron chi connectivity index (χ2n) is 11.5. The highest BCUT2D eigenvalue weighted by Gasteiger charge is 2.29. The standard InChI is InChI=1S/C33H69NO6/c1-34(30-26-22-18-14-10-8-12-16-20-24-28-32(35-2,36-3)37-4)31-27-23-19-15-11-9-13-17-21-25-29-33(38-5,39-6)40-7/h8-31H2,1-7H3. The molecule has 0 aromatic carbocycles. The Labute approximate surface area is 249 Å². The van der Waals surface area contributed by atoms with Crippen molar-refractivity contribution < 1.29 is 28.4 Å². The number of hydrogen-bond donors (Lipinski definition) is 0. The molecule has 0 N–H and O–H groups in total. The average molecular weight is 576 g/mol. The fourth-order valence-electron chi connectivity index (χ4n) is 5.50. The van der Waals surface area contributed by atoms with Gasteiger partial charge in [-0.3, -0.25) is 0 Å². The molecule has 7 nitrogen and oxygen atoms in total. The lowest BCUT2D eigenvalue weighted by Gasteiger charge is -2.28. The molecule has 0 atom stereocenters. The first-order chi connectivity index (χ1) is 19.5. The lowest BCUT2D eigenvalue weighted by molar-refractivity contribution is -0.355. The van der Waals surface area contributed by atoms with Crippen molar-refractivity contribution in [2.24, 2.45) is 0 Å². The largest absolute Gasteiger partial charge is 0.331 e. The van der Waals surface area contributed by atoms with E-state index in [9.17, 15) is 0 Å². The van der Waals surface area contributed by atoms with Gasteiger partial charge in [-0.05, 0) is 45.8 Å². The van der Waals surface area contributed by atoms with Gasteiger partial charge in [0, 0.05) is 55.5 Å². The molecule has 0 saturated heterocycles. The zero-order valence-electron chi connectivity index (χ0n) is 27.9. The Bertz CT molecular complexity index is 453. The Kier molecular flexibility index (Phi) is 27.4. The van der Waals surface area contributed by atoms with Gasteiger partial charge in [0.25, 0.3) is 11.9 Å². The van der Waals surface area contributed by atoms with Crippen LogP contribution < -0.4 is 0 Å². The van der Waals surface area contributed by atoms with Crippen molar-refractivity contribution in [3.63, 3.8) is 0 Å². The molecule has 0 spiro atoms. The molecule has 0 radical (unpaired) electrons. The molecule has 0 saturated carbocycles. The number of rotatable bonds is 32. The summed E-state index contributed by atoms with van der Waals surface area (Å²) in [6, 6.07) is 0. The number of hydrogen-bond acceptors (Lipinski definition) is 7. The van der Waals surface area contributed by atoms with E-state index in [4.69, 9.17) is 28.4 Å². The van der Waals surface area contributed by atoms with Gasteiger partial charge in [-0.2, -0.15) is 0 Å². The zero-order valence-corrected chi connectivity index (χ0v) is 27.9. The van der Waals surface area contributed by atoms with Gasteiger partial charge >= 0.3 is 0 Å². The first-order valence-corrected chi connectivity index (χ1v) is 16.5. The molecule has 0 bridgehead atoms. The van der Waals surface area contributed by atoms with Crippen LogP contribution in [0.25, 0.3) is 0 Å². The van der Waals surface area contributed by atoms with Crippen LogP contribution in [0.1, 0.15) is 141 Å². The fraction of sp³-hybridized carbons (Fsp3) is 1.00. The Morgan fingerprint density at radius 1 is 0.325 bits per heavy atom. The summed E-state index contributed by atoms with van der Waals surface area (Å²) in [7, 11) is 12.1. The molecule has 0 unspecified atom stereocenters. The van der Waals surface area contributed by atoms with Crippen LogP contribution in [0.15, 0.2) is 0 Å². The van der Waals surface area contributed by atoms with Gasteiger partial charge in [-0.1, -0.05) is 103 Å². The van der Waals surface area contributed by atoms with Crippen molar-refractivity contribution in [3.8, 4) is 0 Å². The van der Waals surface area contributed by atoms with Crippen LogP contribution in [-0.4, -0.2) is 79.6 Å². The molecular formula is C33H69NO6. The van der Waals surface area contributed by atoms with Crippen LogP contribution in [-0.2, 0) is 28.4 Å². The summed E-state index contributed by atoms with van der Waals surface area (Å²) in [5.74, 6) is -1.71. The van der Waals surface area contributed by atoms with Crippen molar-refractivity contribution in [2.45, 2.75) is 153 Å². The van der Waals surface area contributed by atoms with Gasteiger partial charge in [0.2, 0.25) is 0 Å². The van der Waals surface area contributed by atoms with Gasteiger partial charge < -0.3 is 33.3 Å². The molecule has 0 rings (SSSR count). The zero-order chi connectivity index (χ0) is 29.8. The molecule has 40 heavy (non-hydrogen) atoms. The third-order valence-corrected chi connectivity index (χ3v) is 8.41. The van der Waals surface area contributed by atoms with Crippen LogP contribution in [0.3, 0.4) is 0 Å². The second-order valence-corrected chi connectivity index (χ2v) is 11.5. The van der Waals surface area contributed by atoms with E-state index in [1.165, 1.54) is 129 Å². The van der Waals surface area contributed by atoms with Gasteiger partial charge in [0.05, 0.1) is 0 Å². The Morgan fingerprint density at radius 2 is 0.525 bits per heavy atom. The summed E-state index contributed by atoms with van der Waals surface area (Å²) in [5, 5.41) is 0. The minimum Gasteiger partial charge on any atom is -0.331 e. The van der Waals surface area contributed by atoms with Crippen molar-refractivity contribution in [1.82, 2.24) is 4.90 Å². The summed E-state index contributed by atoms with van der Waals surface area (Å²) >= 11 is 0. The second kappa shape index (κ2) is 27.5. The predicted octanol–water partition coefficient (Wildman–Crippen LogP) is 8.69. The number of ether oxygens (including phenoxy) is 6. The van der Waals surface area contributed by atoms with Crippen LogP contribution >= 0.6 is 0 Å². The van der Waals surface area contributed by atoms with Crippen LogP contribution in [0.5, 0.6) is 0 Å². The molecule has 0 heterocycles. The molecule has 0 aromatic heterocycles. The van der Waals surface area contributed by atoms with Crippen LogP contribution in [0.2, 0.25) is 0 Å². The number of nitrogens with zero attached hydrogens (tertiary/aromatic N) is 1. The summed E-state index contributed by atoms with van der Waals surface area (Å²) in [4.78, 5) is 2.54. The predicted molar refractivity (Wildman–Crippen MR) is 167 cm³/mol. The van der Waals surface area contributed by atoms with E-state index in [-0.39, 0.29) is 0 Å². The number of methoxy groups -OCH3 is 6. The highest BCUT2D eigenvalue weighted by Crippen LogP contribution is 2.22. The molecule has 0 aromatic rings. The summed E-state index contributed by atoms with van der Waals surface area (Å²) in [5.41, 5.74) is 0. The minimum atomic E-state index is -0.856. The van der Waals surface area contributed by atoms with E-state index in [0.29, 0.717) is 0 Å². The molecule has 0 fully saturated rings. The van der Waals surface area contributed by atoms with Gasteiger partial charge in [-0.15, -0.1) is 0 Å². The third kappa shape index (κ3) is 20.6. The molecule has 0 aliphatic rings. The normalized spacial score (nSPS) is 12.6. The summed E-state index contributed by atoms with van der Waals surface area (Å²) in [6.07, 6.45) is 27.9. The van der Waals surface area contributed by atoms with Crippen LogP contribution in [0.4, 0.5) is 0 Å². The maximum absolute atomic E-state index is 5.35. The van der Waals surface area contributed by atoms with E-state index in [2.05, 4.69) is 11.9 Å². The Hall–Kier alpha value is -0.280. The van der Waals surface area contributed by atoms with Crippen molar-refractivity contribution in [3.05, 3.63) is 0 Å². The molecule has 0 aliphatic carbocycles. The summed E-state index contributed by atoms with van der Waals surface area (Å²) < 4.78 is 32.1.